The van der Waals surface area contributed by atoms with E-state index < -0.39 is 0 Å². The van der Waals surface area contributed by atoms with Gasteiger partial charge >= 0.3 is 5.97 Å². The van der Waals surface area contributed by atoms with Crippen molar-refractivity contribution in [3.05, 3.63) is 59.7 Å². The largest absolute Gasteiger partial charge is 0.457 e. The van der Waals surface area contributed by atoms with E-state index in [1.807, 2.05) is 31.2 Å². The first-order valence-corrected chi connectivity index (χ1v) is 6.42. The van der Waals surface area contributed by atoms with Crippen LogP contribution in [-0.4, -0.2) is 5.97 Å². The zero-order chi connectivity index (χ0) is 14.8. The Kier molecular flexibility index (Phi) is 8.27. The van der Waals surface area contributed by atoms with E-state index in [0.717, 1.165) is 12.0 Å². The summed E-state index contributed by atoms with van der Waals surface area (Å²) in [5.41, 5.74) is 3.88. The molecule has 0 saturated heterocycles. The first kappa shape index (κ1) is 17.2. The van der Waals surface area contributed by atoms with Crippen LogP contribution in [0.15, 0.2) is 43.0 Å². The number of benzene rings is 1. The van der Waals surface area contributed by atoms with Crippen molar-refractivity contribution in [1.82, 2.24) is 0 Å². The quantitative estimate of drug-likeness (QED) is 0.452. The Morgan fingerprint density at radius 3 is 2.32 bits per heavy atom. The molecule has 0 atom stereocenters. The lowest BCUT2D eigenvalue weighted by Crippen LogP contribution is -2.05. The zero-order valence-corrected chi connectivity index (χ0v) is 12.5. The monoisotopic (exact) mass is 260 g/mol. The van der Waals surface area contributed by atoms with E-state index in [0.29, 0.717) is 12.2 Å². The molecule has 0 bridgehead atoms. The summed E-state index contributed by atoms with van der Waals surface area (Å²) in [6.07, 6.45) is 2.96. The van der Waals surface area contributed by atoms with E-state index >= 15 is 0 Å². The van der Waals surface area contributed by atoms with Crippen molar-refractivity contribution in [2.24, 2.45) is 0 Å². The van der Waals surface area contributed by atoms with Crippen LogP contribution in [0.2, 0.25) is 0 Å². The van der Waals surface area contributed by atoms with Gasteiger partial charge in [-0.25, -0.2) is 4.79 Å². The van der Waals surface area contributed by atoms with Gasteiger partial charge in [-0.2, -0.15) is 0 Å². The second kappa shape index (κ2) is 9.15. The maximum absolute atomic E-state index is 11.1. The standard InChI is InChI=1S/C13H16O2.C4H8/c1-9(2)13(14)15-8-12-6-5-10(3)11(4)7-12;1-3-4-2/h5-7H,1,8H2,2-4H3;3H,1,4H2,2H3. The molecule has 0 fully saturated rings. The molecular formula is C17H24O2. The Labute approximate surface area is 116 Å². The first-order valence-electron chi connectivity index (χ1n) is 6.42. The van der Waals surface area contributed by atoms with E-state index in [4.69, 9.17) is 4.74 Å². The third-order valence-corrected chi connectivity index (χ3v) is 2.58. The minimum Gasteiger partial charge on any atom is -0.457 e. The number of allylic oxidation sites excluding steroid dienone is 1. The van der Waals surface area contributed by atoms with Crippen molar-refractivity contribution in [2.45, 2.75) is 40.7 Å². The Hall–Kier alpha value is -1.83. The highest BCUT2D eigenvalue weighted by Gasteiger charge is 2.03. The van der Waals surface area contributed by atoms with E-state index in [1.54, 1.807) is 6.92 Å². The number of carbonyl (C=O) groups excluding carboxylic acids is 1. The summed E-state index contributed by atoms with van der Waals surface area (Å²) in [5, 5.41) is 0. The molecule has 104 valence electrons. The lowest BCUT2D eigenvalue weighted by molar-refractivity contribution is -0.140. The molecule has 0 heterocycles. The number of hydrogen-bond acceptors (Lipinski definition) is 2. The summed E-state index contributed by atoms with van der Waals surface area (Å²) in [6.45, 7) is 15.1. The van der Waals surface area contributed by atoms with E-state index in [9.17, 15) is 4.79 Å². The van der Waals surface area contributed by atoms with Gasteiger partial charge in [0.1, 0.15) is 6.61 Å². The van der Waals surface area contributed by atoms with Crippen molar-refractivity contribution >= 4 is 5.97 Å². The summed E-state index contributed by atoms with van der Waals surface area (Å²) < 4.78 is 5.05. The lowest BCUT2D eigenvalue weighted by Gasteiger charge is -2.06. The molecule has 0 unspecified atom stereocenters. The summed E-state index contributed by atoms with van der Waals surface area (Å²) in [4.78, 5) is 11.1. The van der Waals surface area contributed by atoms with Crippen LogP contribution in [0.1, 0.15) is 37.0 Å². The zero-order valence-electron chi connectivity index (χ0n) is 12.5. The minimum absolute atomic E-state index is 0.312. The molecular weight excluding hydrogens is 236 g/mol. The van der Waals surface area contributed by atoms with Gasteiger partial charge in [-0.05, 0) is 43.9 Å². The van der Waals surface area contributed by atoms with E-state index in [1.165, 1.54) is 11.1 Å². The molecule has 1 aromatic carbocycles. The van der Waals surface area contributed by atoms with Crippen LogP contribution in [0.4, 0.5) is 0 Å². The Balaban J connectivity index is 0.000000711. The number of carbonyl (C=O) groups is 1. The molecule has 19 heavy (non-hydrogen) atoms. The lowest BCUT2D eigenvalue weighted by atomic mass is 10.1. The first-order chi connectivity index (χ1) is 8.92. The summed E-state index contributed by atoms with van der Waals surface area (Å²) >= 11 is 0. The fraction of sp³-hybridized carbons (Fsp3) is 0.353. The van der Waals surface area contributed by atoms with Crippen LogP contribution in [0.5, 0.6) is 0 Å². The topological polar surface area (TPSA) is 26.3 Å². The van der Waals surface area contributed by atoms with Crippen molar-refractivity contribution in [2.75, 3.05) is 0 Å². The molecule has 2 nitrogen and oxygen atoms in total. The number of aryl methyl sites for hydroxylation is 2. The SMILES string of the molecule is C=C(C)C(=O)OCc1ccc(C)c(C)c1.C=CCC. The fourth-order valence-corrected chi connectivity index (χ4v) is 1.17. The van der Waals surface area contributed by atoms with E-state index in [-0.39, 0.29) is 5.97 Å². The Bertz CT molecular complexity index is 445. The van der Waals surface area contributed by atoms with Crippen LogP contribution in [0.3, 0.4) is 0 Å². The second-order valence-electron chi connectivity index (χ2n) is 4.47. The highest BCUT2D eigenvalue weighted by molar-refractivity contribution is 5.86. The van der Waals surface area contributed by atoms with Crippen LogP contribution in [0.25, 0.3) is 0 Å². The van der Waals surface area contributed by atoms with Gasteiger partial charge in [0.15, 0.2) is 0 Å². The van der Waals surface area contributed by atoms with Gasteiger partial charge in [0.2, 0.25) is 0 Å². The smallest absolute Gasteiger partial charge is 0.333 e. The van der Waals surface area contributed by atoms with Crippen LogP contribution in [-0.2, 0) is 16.1 Å². The molecule has 1 rings (SSSR count). The molecule has 0 aliphatic heterocycles. The average Bonchev–Trinajstić information content (AvgIpc) is 2.39. The average molecular weight is 260 g/mol. The summed E-state index contributed by atoms with van der Waals surface area (Å²) in [5.74, 6) is -0.340. The third kappa shape index (κ3) is 7.24. The summed E-state index contributed by atoms with van der Waals surface area (Å²) in [7, 11) is 0. The van der Waals surface area contributed by atoms with Crippen LogP contribution < -0.4 is 0 Å². The van der Waals surface area contributed by atoms with Gasteiger partial charge in [0, 0.05) is 5.57 Å². The van der Waals surface area contributed by atoms with Gasteiger partial charge in [-0.3, -0.25) is 0 Å². The number of esters is 1. The van der Waals surface area contributed by atoms with Crippen molar-refractivity contribution in [3.63, 3.8) is 0 Å². The van der Waals surface area contributed by atoms with Gasteiger partial charge in [-0.1, -0.05) is 37.8 Å². The molecule has 0 N–H and O–H groups in total. The van der Waals surface area contributed by atoms with Crippen LogP contribution >= 0.6 is 0 Å². The second-order valence-corrected chi connectivity index (χ2v) is 4.47. The molecule has 0 aliphatic rings. The number of hydrogen-bond donors (Lipinski definition) is 0. The fourth-order valence-electron chi connectivity index (χ4n) is 1.17. The molecule has 1 aromatic rings. The predicted molar refractivity (Wildman–Crippen MR) is 81.0 cm³/mol. The Morgan fingerprint density at radius 2 is 1.89 bits per heavy atom. The maximum Gasteiger partial charge on any atom is 0.333 e. The van der Waals surface area contributed by atoms with E-state index in [2.05, 4.69) is 27.0 Å². The molecule has 0 aromatic heterocycles. The molecule has 0 amide bonds. The molecule has 0 aliphatic carbocycles. The van der Waals surface area contributed by atoms with Crippen LogP contribution in [0, 0.1) is 13.8 Å². The molecule has 2 heteroatoms. The normalized spacial score (nSPS) is 9.05. The van der Waals surface area contributed by atoms with Crippen molar-refractivity contribution in [3.8, 4) is 0 Å². The van der Waals surface area contributed by atoms with Gasteiger partial charge in [0.25, 0.3) is 0 Å². The van der Waals surface area contributed by atoms with Gasteiger partial charge < -0.3 is 4.74 Å². The third-order valence-electron chi connectivity index (χ3n) is 2.58. The molecule has 0 saturated carbocycles. The Morgan fingerprint density at radius 1 is 1.32 bits per heavy atom. The van der Waals surface area contributed by atoms with Gasteiger partial charge in [-0.15, -0.1) is 6.58 Å². The van der Waals surface area contributed by atoms with Crippen molar-refractivity contribution < 1.29 is 9.53 Å². The van der Waals surface area contributed by atoms with Crippen molar-refractivity contribution in [1.29, 1.82) is 0 Å². The number of ether oxygens (including phenoxy) is 1. The summed E-state index contributed by atoms with van der Waals surface area (Å²) in [6, 6.07) is 6.02. The maximum atomic E-state index is 11.1. The molecule has 0 spiro atoms. The highest BCUT2D eigenvalue weighted by atomic mass is 16.5. The molecule has 0 radical (unpaired) electrons. The number of rotatable bonds is 4. The predicted octanol–water partition coefficient (Wildman–Crippen LogP) is 4.51. The van der Waals surface area contributed by atoms with Gasteiger partial charge in [0.05, 0.1) is 0 Å². The minimum atomic E-state index is -0.340. The highest BCUT2D eigenvalue weighted by Crippen LogP contribution is 2.11.